The van der Waals surface area contributed by atoms with Crippen LogP contribution in [-0.4, -0.2) is 23.8 Å². The standard InChI is InChI=1S/C20H30O3/c1-14(2)6-9-18(23)19(4)10-5-11-20(13-22)16(12-21)15(3)7-8-17(19)20/h6,12-13,17-18,23H,5,7-11H2,1-4H3. The van der Waals surface area contributed by atoms with Crippen molar-refractivity contribution in [2.75, 3.05) is 0 Å². The summed E-state index contributed by atoms with van der Waals surface area (Å²) in [5.74, 6) is 0.0470. The lowest BCUT2D eigenvalue weighted by Gasteiger charge is -2.55. The Morgan fingerprint density at radius 3 is 2.61 bits per heavy atom. The van der Waals surface area contributed by atoms with Crippen LogP contribution in [0.3, 0.4) is 0 Å². The first-order valence-electron chi connectivity index (χ1n) is 8.75. The minimum Gasteiger partial charge on any atom is -0.392 e. The van der Waals surface area contributed by atoms with Gasteiger partial charge in [-0.05, 0) is 64.2 Å². The smallest absolute Gasteiger partial charge is 0.146 e. The van der Waals surface area contributed by atoms with Crippen molar-refractivity contribution in [2.45, 2.75) is 72.3 Å². The van der Waals surface area contributed by atoms with E-state index in [1.54, 1.807) is 0 Å². The van der Waals surface area contributed by atoms with Crippen LogP contribution in [0.15, 0.2) is 22.8 Å². The molecule has 1 saturated carbocycles. The summed E-state index contributed by atoms with van der Waals surface area (Å²) in [6.07, 6.45) is 8.35. The Hall–Kier alpha value is -1.22. The van der Waals surface area contributed by atoms with Gasteiger partial charge in [0.2, 0.25) is 0 Å². The normalized spacial score (nSPS) is 35.3. The summed E-state index contributed by atoms with van der Waals surface area (Å²) < 4.78 is 0. The summed E-state index contributed by atoms with van der Waals surface area (Å²) in [6.45, 7) is 8.14. The molecule has 128 valence electrons. The first kappa shape index (κ1) is 18.1. The second kappa shape index (κ2) is 6.72. The van der Waals surface area contributed by atoms with Gasteiger partial charge in [-0.15, -0.1) is 0 Å². The van der Waals surface area contributed by atoms with Gasteiger partial charge < -0.3 is 9.90 Å². The number of aliphatic hydroxyl groups is 1. The van der Waals surface area contributed by atoms with Gasteiger partial charge in [0.1, 0.15) is 12.6 Å². The van der Waals surface area contributed by atoms with Crippen LogP contribution in [0.25, 0.3) is 0 Å². The molecule has 3 nitrogen and oxygen atoms in total. The van der Waals surface area contributed by atoms with Crippen LogP contribution in [0.5, 0.6) is 0 Å². The number of allylic oxidation sites excluding steroid dienone is 3. The monoisotopic (exact) mass is 318 g/mol. The predicted molar refractivity (Wildman–Crippen MR) is 92.0 cm³/mol. The summed E-state index contributed by atoms with van der Waals surface area (Å²) >= 11 is 0. The van der Waals surface area contributed by atoms with E-state index in [4.69, 9.17) is 0 Å². The molecule has 23 heavy (non-hydrogen) atoms. The van der Waals surface area contributed by atoms with Crippen LogP contribution < -0.4 is 0 Å². The molecular formula is C20H30O3. The number of aliphatic hydroxyl groups excluding tert-OH is 1. The number of carbonyl (C=O) groups excluding carboxylic acids is 2. The maximum Gasteiger partial charge on any atom is 0.146 e. The van der Waals surface area contributed by atoms with Crippen molar-refractivity contribution in [1.82, 2.24) is 0 Å². The van der Waals surface area contributed by atoms with Crippen molar-refractivity contribution in [1.29, 1.82) is 0 Å². The van der Waals surface area contributed by atoms with Crippen molar-refractivity contribution < 1.29 is 14.7 Å². The third-order valence-electron chi connectivity index (χ3n) is 6.33. The Balaban J connectivity index is 2.44. The van der Waals surface area contributed by atoms with Gasteiger partial charge >= 0.3 is 0 Å². The first-order chi connectivity index (χ1) is 10.8. The fourth-order valence-electron chi connectivity index (χ4n) is 4.93. The van der Waals surface area contributed by atoms with E-state index in [1.807, 2.05) is 20.8 Å². The van der Waals surface area contributed by atoms with Crippen molar-refractivity contribution in [3.05, 3.63) is 22.8 Å². The molecule has 0 bridgehead atoms. The lowest BCUT2D eigenvalue weighted by Crippen LogP contribution is -2.54. The third kappa shape index (κ3) is 2.96. The largest absolute Gasteiger partial charge is 0.392 e. The van der Waals surface area contributed by atoms with Crippen molar-refractivity contribution in [2.24, 2.45) is 16.7 Å². The summed E-state index contributed by atoms with van der Waals surface area (Å²) in [5, 5.41) is 10.9. The average molecular weight is 318 g/mol. The molecule has 4 unspecified atom stereocenters. The van der Waals surface area contributed by atoms with Crippen LogP contribution in [0, 0.1) is 16.7 Å². The summed E-state index contributed by atoms with van der Waals surface area (Å²) in [5.41, 5.74) is 1.91. The Bertz CT molecular complexity index is 541. The number of aldehydes is 2. The zero-order valence-electron chi connectivity index (χ0n) is 14.9. The average Bonchev–Trinajstić information content (AvgIpc) is 2.52. The lowest BCUT2D eigenvalue weighted by molar-refractivity contribution is -0.135. The molecule has 0 aromatic carbocycles. The van der Waals surface area contributed by atoms with E-state index in [9.17, 15) is 14.7 Å². The highest BCUT2D eigenvalue weighted by Crippen LogP contribution is 2.59. The minimum absolute atomic E-state index is 0.0470. The van der Waals surface area contributed by atoms with Crippen LogP contribution >= 0.6 is 0 Å². The highest BCUT2D eigenvalue weighted by atomic mass is 16.3. The zero-order valence-corrected chi connectivity index (χ0v) is 14.9. The fraction of sp³-hybridized carbons (Fsp3) is 0.700. The Kier molecular flexibility index (Phi) is 5.30. The molecule has 2 rings (SSSR count). The molecule has 0 saturated heterocycles. The van der Waals surface area contributed by atoms with E-state index in [0.29, 0.717) is 12.0 Å². The van der Waals surface area contributed by atoms with Gasteiger partial charge in [0, 0.05) is 5.57 Å². The Labute approximate surface area is 139 Å². The second-order valence-corrected chi connectivity index (χ2v) is 7.95. The van der Waals surface area contributed by atoms with E-state index in [1.165, 1.54) is 5.57 Å². The van der Waals surface area contributed by atoms with Gasteiger partial charge in [0.15, 0.2) is 0 Å². The summed E-state index contributed by atoms with van der Waals surface area (Å²) in [4.78, 5) is 23.8. The van der Waals surface area contributed by atoms with E-state index in [-0.39, 0.29) is 11.3 Å². The van der Waals surface area contributed by atoms with Crippen molar-refractivity contribution in [3.8, 4) is 0 Å². The molecule has 4 atom stereocenters. The third-order valence-corrected chi connectivity index (χ3v) is 6.33. The van der Waals surface area contributed by atoms with Crippen LogP contribution in [0.4, 0.5) is 0 Å². The molecule has 0 amide bonds. The molecule has 0 spiro atoms. The highest BCUT2D eigenvalue weighted by molar-refractivity contribution is 5.86. The predicted octanol–water partition coefficient (Wildman–Crippen LogP) is 4.00. The molecule has 1 fully saturated rings. The van der Waals surface area contributed by atoms with E-state index in [0.717, 1.165) is 50.2 Å². The van der Waals surface area contributed by atoms with E-state index >= 15 is 0 Å². The molecule has 0 heterocycles. The first-order valence-corrected chi connectivity index (χ1v) is 8.75. The van der Waals surface area contributed by atoms with Gasteiger partial charge in [0.05, 0.1) is 11.5 Å². The molecule has 0 aliphatic heterocycles. The van der Waals surface area contributed by atoms with Crippen molar-refractivity contribution >= 4 is 12.6 Å². The lowest BCUT2D eigenvalue weighted by atomic mass is 9.48. The van der Waals surface area contributed by atoms with Crippen LogP contribution in [0.2, 0.25) is 0 Å². The molecule has 2 aliphatic rings. The summed E-state index contributed by atoms with van der Waals surface area (Å²) in [6, 6.07) is 0. The minimum atomic E-state index is -0.691. The van der Waals surface area contributed by atoms with Crippen LogP contribution in [-0.2, 0) is 9.59 Å². The quantitative estimate of drug-likeness (QED) is 0.615. The maximum atomic E-state index is 12.1. The molecule has 3 heteroatoms. The molecule has 0 radical (unpaired) electrons. The van der Waals surface area contributed by atoms with Gasteiger partial charge in [-0.1, -0.05) is 30.6 Å². The Morgan fingerprint density at radius 2 is 2.04 bits per heavy atom. The van der Waals surface area contributed by atoms with Gasteiger partial charge in [-0.2, -0.15) is 0 Å². The maximum absolute atomic E-state index is 12.1. The second-order valence-electron chi connectivity index (χ2n) is 7.95. The number of hydrogen-bond acceptors (Lipinski definition) is 3. The topological polar surface area (TPSA) is 54.4 Å². The van der Waals surface area contributed by atoms with E-state index in [2.05, 4.69) is 13.0 Å². The molecule has 0 aromatic rings. The molecule has 2 aliphatic carbocycles. The van der Waals surface area contributed by atoms with Crippen molar-refractivity contribution in [3.63, 3.8) is 0 Å². The highest BCUT2D eigenvalue weighted by Gasteiger charge is 2.56. The zero-order chi connectivity index (χ0) is 17.3. The molecule has 0 aromatic heterocycles. The van der Waals surface area contributed by atoms with Gasteiger partial charge in [-0.3, -0.25) is 4.79 Å². The molecular weight excluding hydrogens is 288 g/mol. The van der Waals surface area contributed by atoms with Gasteiger partial charge in [0.25, 0.3) is 0 Å². The van der Waals surface area contributed by atoms with Crippen LogP contribution in [0.1, 0.15) is 66.2 Å². The number of fused-ring (bicyclic) bond motifs is 1. The Morgan fingerprint density at radius 1 is 1.35 bits per heavy atom. The number of hydrogen-bond donors (Lipinski definition) is 1. The molecule has 1 N–H and O–H groups in total. The number of rotatable bonds is 5. The summed E-state index contributed by atoms with van der Waals surface area (Å²) in [7, 11) is 0. The van der Waals surface area contributed by atoms with E-state index < -0.39 is 11.5 Å². The van der Waals surface area contributed by atoms with Gasteiger partial charge in [-0.25, -0.2) is 0 Å². The number of carbonyl (C=O) groups is 2. The SMILES string of the molecule is CC(C)=CCC(O)C1(C)CCCC2(C=O)C(C=O)=C(C)CCC21. The fourth-order valence-corrected chi connectivity index (χ4v) is 4.93.